The van der Waals surface area contributed by atoms with Gasteiger partial charge in [-0.15, -0.1) is 0 Å². The van der Waals surface area contributed by atoms with Crippen LogP contribution in [0, 0.1) is 0 Å². The van der Waals surface area contributed by atoms with E-state index < -0.39 is 7.26 Å². The zero-order valence-electron chi connectivity index (χ0n) is 15.2. The fourth-order valence-electron chi connectivity index (χ4n) is 2.81. The largest absolute Gasteiger partial charge is 0.362 e. The van der Waals surface area contributed by atoms with Crippen LogP contribution in [-0.2, 0) is 0 Å². The van der Waals surface area contributed by atoms with E-state index in [-0.39, 0.29) is 0 Å². The summed E-state index contributed by atoms with van der Waals surface area (Å²) in [6.07, 6.45) is 21.7. The van der Waals surface area contributed by atoms with Gasteiger partial charge >= 0.3 is 0 Å². The van der Waals surface area contributed by atoms with Crippen molar-refractivity contribution < 1.29 is 5.11 Å². The zero-order valence-corrected chi connectivity index (χ0v) is 16.1. The van der Waals surface area contributed by atoms with Crippen LogP contribution in [0.5, 0.6) is 0 Å². The molecule has 0 heterocycles. The first-order valence-corrected chi connectivity index (χ1v) is 12.6. The standard InChI is InChI=1S/C19H42OP/c1-4-5-6-7-8-9-10-11-12-13-14-15-16-17-18-21(2,3)19-20/h20H,4-19H2,1-3H3/q+1. The van der Waals surface area contributed by atoms with Crippen LogP contribution in [0.4, 0.5) is 0 Å². The van der Waals surface area contributed by atoms with Crippen LogP contribution in [0.3, 0.4) is 0 Å². The lowest BCUT2D eigenvalue weighted by Crippen LogP contribution is -1.99. The fraction of sp³-hybridized carbons (Fsp3) is 1.00. The van der Waals surface area contributed by atoms with Gasteiger partial charge in [-0.3, -0.25) is 0 Å². The van der Waals surface area contributed by atoms with Gasteiger partial charge in [0.15, 0.2) is 6.35 Å². The lowest BCUT2D eigenvalue weighted by atomic mass is 10.0. The third-order valence-corrected chi connectivity index (χ3v) is 6.79. The minimum atomic E-state index is -0.952. The highest BCUT2D eigenvalue weighted by Gasteiger charge is 2.22. The lowest BCUT2D eigenvalue weighted by molar-refractivity contribution is 0.367. The summed E-state index contributed by atoms with van der Waals surface area (Å²) < 4.78 is 0. The van der Waals surface area contributed by atoms with Crippen molar-refractivity contribution in [1.29, 1.82) is 0 Å². The maximum absolute atomic E-state index is 9.25. The molecule has 0 rings (SSSR count). The maximum atomic E-state index is 9.25. The van der Waals surface area contributed by atoms with Gasteiger partial charge in [0.05, 0.1) is 19.5 Å². The summed E-state index contributed by atoms with van der Waals surface area (Å²) in [7, 11) is -0.952. The predicted molar refractivity (Wildman–Crippen MR) is 101 cm³/mol. The molecule has 0 spiro atoms. The van der Waals surface area contributed by atoms with Gasteiger partial charge in [-0.05, 0) is 12.8 Å². The lowest BCUT2D eigenvalue weighted by Gasteiger charge is -2.14. The van der Waals surface area contributed by atoms with E-state index in [1.807, 2.05) is 0 Å². The molecule has 0 bridgehead atoms. The van der Waals surface area contributed by atoms with Gasteiger partial charge < -0.3 is 5.11 Å². The molecule has 0 aromatic rings. The van der Waals surface area contributed by atoms with Crippen molar-refractivity contribution in [2.24, 2.45) is 0 Å². The Morgan fingerprint density at radius 3 is 1.24 bits per heavy atom. The van der Waals surface area contributed by atoms with E-state index in [0.717, 1.165) is 0 Å². The number of hydrogen-bond donors (Lipinski definition) is 1. The number of rotatable bonds is 16. The van der Waals surface area contributed by atoms with E-state index in [9.17, 15) is 5.11 Å². The van der Waals surface area contributed by atoms with Crippen molar-refractivity contribution in [3.05, 3.63) is 0 Å². The fourth-order valence-corrected chi connectivity index (χ4v) is 4.03. The van der Waals surface area contributed by atoms with E-state index in [2.05, 4.69) is 20.3 Å². The van der Waals surface area contributed by atoms with Gasteiger partial charge in [0, 0.05) is 7.26 Å². The first kappa shape index (κ1) is 21.4. The molecular formula is C19H42OP+. The molecule has 0 aliphatic carbocycles. The van der Waals surface area contributed by atoms with Crippen molar-refractivity contribution in [3.63, 3.8) is 0 Å². The molecule has 1 N–H and O–H groups in total. The summed E-state index contributed by atoms with van der Waals surface area (Å²) in [6.45, 7) is 6.83. The molecule has 0 aliphatic heterocycles. The Kier molecular flexibility index (Phi) is 15.6. The van der Waals surface area contributed by atoms with Crippen LogP contribution in [-0.4, -0.2) is 30.9 Å². The van der Waals surface area contributed by atoms with Gasteiger partial charge in [0.2, 0.25) is 0 Å². The molecule has 128 valence electrons. The van der Waals surface area contributed by atoms with E-state index in [1.165, 1.54) is 96.1 Å². The minimum absolute atomic E-state index is 0.436. The van der Waals surface area contributed by atoms with Crippen molar-refractivity contribution in [2.45, 2.75) is 96.8 Å². The van der Waals surface area contributed by atoms with E-state index in [4.69, 9.17) is 0 Å². The molecule has 1 nitrogen and oxygen atoms in total. The Balaban J connectivity index is 3.06. The Bertz CT molecular complexity index is 204. The highest BCUT2D eigenvalue weighted by Crippen LogP contribution is 2.50. The van der Waals surface area contributed by atoms with Crippen molar-refractivity contribution in [1.82, 2.24) is 0 Å². The normalized spacial score (nSPS) is 12.0. The summed E-state index contributed by atoms with van der Waals surface area (Å²) in [4.78, 5) is 0. The molecule has 0 radical (unpaired) electrons. The topological polar surface area (TPSA) is 20.2 Å². The van der Waals surface area contributed by atoms with Crippen LogP contribution in [0.1, 0.15) is 96.8 Å². The molecule has 0 atom stereocenters. The molecule has 0 aliphatic rings. The molecule has 21 heavy (non-hydrogen) atoms. The SMILES string of the molecule is CCCCCCCCCCCCCCCC[P+](C)(C)CO. The molecule has 0 saturated heterocycles. The predicted octanol–water partition coefficient (Wildman–Crippen LogP) is 6.69. The van der Waals surface area contributed by atoms with Crippen LogP contribution in [0.2, 0.25) is 0 Å². The molecule has 0 unspecified atom stereocenters. The second kappa shape index (κ2) is 15.3. The van der Waals surface area contributed by atoms with Gasteiger partial charge in [0.25, 0.3) is 0 Å². The van der Waals surface area contributed by atoms with E-state index in [1.54, 1.807) is 0 Å². The average Bonchev–Trinajstić information content (AvgIpc) is 2.47. The Morgan fingerprint density at radius 1 is 0.571 bits per heavy atom. The monoisotopic (exact) mass is 317 g/mol. The summed E-state index contributed by atoms with van der Waals surface area (Å²) in [5.74, 6) is 0. The third-order valence-electron chi connectivity index (χ3n) is 4.50. The zero-order chi connectivity index (χ0) is 15.8. The average molecular weight is 318 g/mol. The van der Waals surface area contributed by atoms with Crippen molar-refractivity contribution in [3.8, 4) is 0 Å². The summed E-state index contributed by atoms with van der Waals surface area (Å²) in [5.41, 5.74) is 0. The van der Waals surface area contributed by atoms with Crippen molar-refractivity contribution in [2.75, 3.05) is 25.8 Å². The third kappa shape index (κ3) is 16.6. The highest BCUT2D eigenvalue weighted by atomic mass is 31.2. The summed E-state index contributed by atoms with van der Waals surface area (Å²) in [6, 6.07) is 0. The smallest absolute Gasteiger partial charge is 0.153 e. The number of unbranched alkanes of at least 4 members (excludes halogenated alkanes) is 13. The quantitative estimate of drug-likeness (QED) is 0.248. The van der Waals surface area contributed by atoms with Gasteiger partial charge in [-0.2, -0.15) is 0 Å². The first-order chi connectivity index (χ1) is 10.1. The number of hydrogen-bond acceptors (Lipinski definition) is 1. The van der Waals surface area contributed by atoms with Crippen LogP contribution < -0.4 is 0 Å². The molecule has 0 amide bonds. The molecule has 2 heteroatoms. The van der Waals surface area contributed by atoms with E-state index >= 15 is 0 Å². The molecule has 0 aromatic carbocycles. The van der Waals surface area contributed by atoms with Crippen molar-refractivity contribution >= 4 is 7.26 Å². The summed E-state index contributed by atoms with van der Waals surface area (Å²) in [5, 5.41) is 9.25. The molecule has 0 fully saturated rings. The second-order valence-electron chi connectivity index (χ2n) is 7.40. The van der Waals surface area contributed by atoms with Gasteiger partial charge in [-0.1, -0.05) is 84.0 Å². The van der Waals surface area contributed by atoms with Gasteiger partial charge in [0.1, 0.15) is 0 Å². The summed E-state index contributed by atoms with van der Waals surface area (Å²) >= 11 is 0. The molecule has 0 saturated carbocycles. The van der Waals surface area contributed by atoms with Crippen LogP contribution in [0.25, 0.3) is 0 Å². The number of aliphatic hydroxyl groups is 1. The highest BCUT2D eigenvalue weighted by molar-refractivity contribution is 7.74. The van der Waals surface area contributed by atoms with Crippen LogP contribution in [0.15, 0.2) is 0 Å². The Hall–Kier alpha value is 0.390. The first-order valence-electron chi connectivity index (χ1n) is 9.55. The van der Waals surface area contributed by atoms with Crippen LogP contribution >= 0.6 is 7.26 Å². The Labute approximate surface area is 135 Å². The Morgan fingerprint density at radius 2 is 0.905 bits per heavy atom. The minimum Gasteiger partial charge on any atom is -0.362 e. The second-order valence-corrected chi connectivity index (χ2v) is 12.0. The maximum Gasteiger partial charge on any atom is 0.153 e. The van der Waals surface area contributed by atoms with E-state index in [0.29, 0.717) is 6.35 Å². The van der Waals surface area contributed by atoms with Gasteiger partial charge in [-0.25, -0.2) is 0 Å². The molecule has 0 aromatic heterocycles. The number of aliphatic hydroxyl groups excluding tert-OH is 1. The molecular weight excluding hydrogens is 275 g/mol.